The van der Waals surface area contributed by atoms with E-state index >= 15 is 0 Å². The normalized spacial score (nSPS) is 12.2. The van der Waals surface area contributed by atoms with Crippen LogP contribution in [0.2, 0.25) is 5.02 Å². The number of hydrogen-bond donors (Lipinski definition) is 2. The number of amides is 1. The molecule has 1 unspecified atom stereocenters. The maximum atomic E-state index is 11.9. The summed E-state index contributed by atoms with van der Waals surface area (Å²) >= 11 is 6.19. The van der Waals surface area contributed by atoms with E-state index in [4.69, 9.17) is 17.3 Å². The van der Waals surface area contributed by atoms with Crippen molar-refractivity contribution < 1.29 is 4.79 Å². The van der Waals surface area contributed by atoms with Crippen molar-refractivity contribution in [1.82, 2.24) is 9.55 Å². The molecule has 0 spiro atoms. The molecule has 6 heteroatoms. The first-order chi connectivity index (χ1) is 9.13. The van der Waals surface area contributed by atoms with Crippen molar-refractivity contribution in [2.75, 3.05) is 5.32 Å². The molecule has 0 fully saturated rings. The van der Waals surface area contributed by atoms with Crippen LogP contribution >= 0.6 is 11.6 Å². The summed E-state index contributed by atoms with van der Waals surface area (Å²) in [7, 11) is 0. The van der Waals surface area contributed by atoms with Crippen LogP contribution in [0, 0.1) is 0 Å². The highest BCUT2D eigenvalue weighted by Gasteiger charge is 2.15. The number of rotatable bonds is 4. The zero-order valence-corrected chi connectivity index (χ0v) is 11.3. The van der Waals surface area contributed by atoms with Crippen molar-refractivity contribution in [2.24, 2.45) is 5.73 Å². The van der Waals surface area contributed by atoms with Crippen LogP contribution in [0.1, 0.15) is 13.3 Å². The lowest BCUT2D eigenvalue weighted by molar-refractivity contribution is -0.117. The molecule has 0 aliphatic heterocycles. The summed E-state index contributed by atoms with van der Waals surface area (Å²) in [6.45, 7) is 1.86. The number of imidazole rings is 1. The number of anilines is 1. The zero-order chi connectivity index (χ0) is 13.8. The molecule has 0 aliphatic rings. The van der Waals surface area contributed by atoms with Crippen LogP contribution in [0.5, 0.6) is 0 Å². The van der Waals surface area contributed by atoms with Crippen molar-refractivity contribution in [1.29, 1.82) is 0 Å². The maximum Gasteiger partial charge on any atom is 0.241 e. The van der Waals surface area contributed by atoms with Crippen molar-refractivity contribution in [3.05, 3.63) is 41.9 Å². The molecule has 2 rings (SSSR count). The molecule has 1 amide bonds. The lowest BCUT2D eigenvalue weighted by Crippen LogP contribution is -2.35. The van der Waals surface area contributed by atoms with Crippen LogP contribution in [-0.4, -0.2) is 21.5 Å². The van der Waals surface area contributed by atoms with Gasteiger partial charge < -0.3 is 15.6 Å². The van der Waals surface area contributed by atoms with E-state index in [-0.39, 0.29) is 5.91 Å². The summed E-state index contributed by atoms with van der Waals surface area (Å²) in [5, 5.41) is 3.32. The third-order valence-electron chi connectivity index (χ3n) is 2.78. The Bertz CT molecular complexity index is 568. The Hall–Kier alpha value is -1.85. The molecule has 5 nitrogen and oxygen atoms in total. The van der Waals surface area contributed by atoms with E-state index in [0.717, 1.165) is 0 Å². The van der Waals surface area contributed by atoms with Gasteiger partial charge >= 0.3 is 0 Å². The Morgan fingerprint density at radius 2 is 2.37 bits per heavy atom. The van der Waals surface area contributed by atoms with Crippen LogP contribution in [0.4, 0.5) is 5.69 Å². The van der Waals surface area contributed by atoms with E-state index in [1.807, 2.05) is 6.92 Å². The largest absolute Gasteiger partial charge is 0.323 e. The number of nitrogens with zero attached hydrogens (tertiary/aromatic N) is 2. The van der Waals surface area contributed by atoms with Gasteiger partial charge in [-0.25, -0.2) is 4.98 Å². The fraction of sp³-hybridized carbons (Fsp3) is 0.231. The van der Waals surface area contributed by atoms with Gasteiger partial charge in [-0.05, 0) is 18.6 Å². The van der Waals surface area contributed by atoms with Gasteiger partial charge in [-0.2, -0.15) is 0 Å². The van der Waals surface area contributed by atoms with Gasteiger partial charge in [0.2, 0.25) is 5.91 Å². The topological polar surface area (TPSA) is 72.9 Å². The predicted octanol–water partition coefficient (Wildman–Crippen LogP) is 2.20. The highest BCUT2D eigenvalue weighted by Crippen LogP contribution is 2.28. The molecule has 0 radical (unpaired) electrons. The number of para-hydroxylation sites is 1. The van der Waals surface area contributed by atoms with Crippen molar-refractivity contribution >= 4 is 23.2 Å². The molecule has 0 saturated carbocycles. The summed E-state index contributed by atoms with van der Waals surface area (Å²) in [6.07, 6.45) is 5.60. The minimum Gasteiger partial charge on any atom is -0.323 e. The molecule has 1 aromatic heterocycles. The summed E-state index contributed by atoms with van der Waals surface area (Å²) in [6, 6.07) is 4.78. The Labute approximate surface area is 116 Å². The van der Waals surface area contributed by atoms with E-state index in [1.54, 1.807) is 41.5 Å². The predicted molar refractivity (Wildman–Crippen MR) is 75.5 cm³/mol. The van der Waals surface area contributed by atoms with E-state index < -0.39 is 6.04 Å². The Morgan fingerprint density at radius 3 is 3.00 bits per heavy atom. The molecule has 19 heavy (non-hydrogen) atoms. The standard InChI is InChI=1S/C13H15ClN4O/c1-2-10(15)13(19)17-11-5-3-4-9(14)12(11)18-7-6-16-8-18/h3-8,10H,2,15H2,1H3,(H,17,19). The summed E-state index contributed by atoms with van der Waals surface area (Å²) in [4.78, 5) is 15.9. The van der Waals surface area contributed by atoms with Gasteiger partial charge in [0.25, 0.3) is 0 Å². The second-order valence-corrected chi connectivity index (χ2v) is 4.52. The average molecular weight is 279 g/mol. The second kappa shape index (κ2) is 5.86. The molecule has 0 saturated heterocycles. The highest BCUT2D eigenvalue weighted by molar-refractivity contribution is 6.33. The second-order valence-electron chi connectivity index (χ2n) is 4.11. The van der Waals surface area contributed by atoms with E-state index in [0.29, 0.717) is 22.8 Å². The Morgan fingerprint density at radius 1 is 1.58 bits per heavy atom. The molecule has 1 aromatic carbocycles. The fourth-order valence-electron chi connectivity index (χ4n) is 1.68. The van der Waals surface area contributed by atoms with Gasteiger partial charge in [-0.15, -0.1) is 0 Å². The number of nitrogens with two attached hydrogens (primary N) is 1. The van der Waals surface area contributed by atoms with E-state index in [9.17, 15) is 4.79 Å². The molecule has 1 atom stereocenters. The summed E-state index contributed by atoms with van der Waals surface area (Å²) in [5.41, 5.74) is 7.00. The quantitative estimate of drug-likeness (QED) is 0.900. The molecule has 0 aliphatic carbocycles. The van der Waals surface area contributed by atoms with Crippen LogP contribution in [0.3, 0.4) is 0 Å². The number of halogens is 1. The smallest absolute Gasteiger partial charge is 0.241 e. The van der Waals surface area contributed by atoms with Crippen LogP contribution in [-0.2, 0) is 4.79 Å². The summed E-state index contributed by atoms with van der Waals surface area (Å²) in [5.74, 6) is -0.230. The minimum atomic E-state index is -0.533. The van der Waals surface area contributed by atoms with Gasteiger partial charge in [-0.1, -0.05) is 24.6 Å². The lowest BCUT2D eigenvalue weighted by atomic mass is 10.2. The van der Waals surface area contributed by atoms with E-state index in [2.05, 4.69) is 10.3 Å². The molecule has 2 aromatic rings. The monoisotopic (exact) mass is 278 g/mol. The molecule has 1 heterocycles. The van der Waals surface area contributed by atoms with Crippen LogP contribution < -0.4 is 11.1 Å². The molecular formula is C13H15ClN4O. The number of carbonyl (C=O) groups is 1. The number of aromatic nitrogens is 2. The summed E-state index contributed by atoms with van der Waals surface area (Å²) < 4.78 is 1.75. The number of hydrogen-bond acceptors (Lipinski definition) is 3. The number of carbonyl (C=O) groups excluding carboxylic acids is 1. The van der Waals surface area contributed by atoms with Gasteiger partial charge in [-0.3, -0.25) is 4.79 Å². The third kappa shape index (κ3) is 2.94. The lowest BCUT2D eigenvalue weighted by Gasteiger charge is -2.15. The van der Waals surface area contributed by atoms with Gasteiger partial charge in [0.05, 0.1) is 28.8 Å². The first kappa shape index (κ1) is 13.6. The van der Waals surface area contributed by atoms with Gasteiger partial charge in [0.1, 0.15) is 0 Å². The first-order valence-electron chi connectivity index (χ1n) is 5.96. The molecule has 0 bridgehead atoms. The van der Waals surface area contributed by atoms with Gasteiger partial charge in [0.15, 0.2) is 0 Å². The molecular weight excluding hydrogens is 264 g/mol. The molecule has 100 valence electrons. The minimum absolute atomic E-state index is 0.230. The highest BCUT2D eigenvalue weighted by atomic mass is 35.5. The molecule has 3 N–H and O–H groups in total. The van der Waals surface area contributed by atoms with Crippen molar-refractivity contribution in [2.45, 2.75) is 19.4 Å². The number of benzene rings is 1. The number of nitrogens with one attached hydrogen (secondary N) is 1. The van der Waals surface area contributed by atoms with Crippen LogP contribution in [0.15, 0.2) is 36.9 Å². The Balaban J connectivity index is 2.36. The SMILES string of the molecule is CCC(N)C(=O)Nc1cccc(Cl)c1-n1ccnc1. The zero-order valence-electron chi connectivity index (χ0n) is 10.5. The van der Waals surface area contributed by atoms with Gasteiger partial charge in [0, 0.05) is 12.4 Å². The third-order valence-corrected chi connectivity index (χ3v) is 3.09. The average Bonchev–Trinajstić information content (AvgIpc) is 2.91. The van der Waals surface area contributed by atoms with Crippen LogP contribution in [0.25, 0.3) is 5.69 Å². The fourth-order valence-corrected chi connectivity index (χ4v) is 1.95. The van der Waals surface area contributed by atoms with Crippen molar-refractivity contribution in [3.8, 4) is 5.69 Å². The Kier molecular flexibility index (Phi) is 4.19. The van der Waals surface area contributed by atoms with Crippen molar-refractivity contribution in [3.63, 3.8) is 0 Å². The van der Waals surface area contributed by atoms with E-state index in [1.165, 1.54) is 0 Å². The first-order valence-corrected chi connectivity index (χ1v) is 6.34. The maximum absolute atomic E-state index is 11.9.